The van der Waals surface area contributed by atoms with Crippen molar-refractivity contribution in [3.8, 4) is 0 Å². The molecule has 4 heteroatoms. The average Bonchev–Trinajstić information content (AvgIpc) is 1.30. The fraction of sp³-hybridized carbons (Fsp3) is 1.00. The van der Waals surface area contributed by atoms with Gasteiger partial charge in [-0.05, 0) is 6.42 Å². The maximum atomic E-state index is 10.4. The zero-order valence-corrected chi connectivity index (χ0v) is 9.29. The molecule has 1 atom stereocenters. The minimum Gasteiger partial charge on any atom is -0.344 e. The van der Waals surface area contributed by atoms with E-state index in [4.69, 9.17) is 4.89 Å². The van der Waals surface area contributed by atoms with Gasteiger partial charge in [0.05, 0.1) is 0 Å². The van der Waals surface area contributed by atoms with E-state index in [0.717, 1.165) is 6.42 Å². The van der Waals surface area contributed by atoms with Crippen molar-refractivity contribution < 1.29 is 28.9 Å². The molecule has 0 heterocycles. The van der Waals surface area contributed by atoms with Crippen molar-refractivity contribution in [1.29, 1.82) is 0 Å². The molecule has 0 amide bonds. The van der Waals surface area contributed by atoms with Crippen molar-refractivity contribution in [2.24, 2.45) is 0 Å². The molecule has 0 spiro atoms. The third-order valence-corrected chi connectivity index (χ3v) is 1.92. The third kappa shape index (κ3) is 9.94. The molecule has 0 aromatic heterocycles. The molecular formula is C4H11O2PZn. The van der Waals surface area contributed by atoms with Crippen LogP contribution in [-0.2, 0) is 24.0 Å². The van der Waals surface area contributed by atoms with E-state index in [9.17, 15) is 4.57 Å². The molecule has 0 aliphatic heterocycles. The van der Waals surface area contributed by atoms with Crippen LogP contribution in [0.15, 0.2) is 0 Å². The molecule has 1 unspecified atom stereocenters. The summed E-state index contributed by atoms with van der Waals surface area (Å²) in [4.78, 5) is 8.57. The second kappa shape index (κ2) is 4.67. The van der Waals surface area contributed by atoms with Crippen molar-refractivity contribution in [2.45, 2.75) is 13.3 Å². The van der Waals surface area contributed by atoms with Gasteiger partial charge in [0, 0.05) is 32.3 Å². The van der Waals surface area contributed by atoms with Gasteiger partial charge in [-0.15, -0.1) is 0 Å². The van der Waals surface area contributed by atoms with Crippen LogP contribution in [0.4, 0.5) is 0 Å². The van der Waals surface area contributed by atoms with Gasteiger partial charge >= 0.3 is 0 Å². The number of hydrogen-bond donors (Lipinski definition) is 1. The molecule has 0 aliphatic carbocycles. The molecule has 0 saturated carbocycles. The smallest absolute Gasteiger partial charge is 0.197 e. The summed E-state index contributed by atoms with van der Waals surface area (Å²) < 4.78 is 10.4. The third-order valence-electron chi connectivity index (χ3n) is 0.639. The second-order valence-electron chi connectivity index (χ2n) is 1.77. The number of hydrogen-bond acceptors (Lipinski definition) is 1. The zero-order valence-electron chi connectivity index (χ0n) is 5.42. The maximum absolute atomic E-state index is 10.4. The van der Waals surface area contributed by atoms with Crippen LogP contribution >= 0.6 is 7.37 Å². The molecule has 2 nitrogen and oxygen atoms in total. The van der Waals surface area contributed by atoms with Crippen molar-refractivity contribution in [3.05, 3.63) is 0 Å². The van der Waals surface area contributed by atoms with Crippen LogP contribution in [0.2, 0.25) is 0 Å². The largest absolute Gasteiger partial charge is 0.344 e. The van der Waals surface area contributed by atoms with Crippen LogP contribution in [-0.4, -0.2) is 17.7 Å². The maximum Gasteiger partial charge on any atom is 0.197 e. The summed E-state index contributed by atoms with van der Waals surface area (Å²) in [6.07, 6.45) is 1.25. The standard InChI is InChI=1S/C4H11O2P.Zn/c1-3-4-7(2,5)6;/h3-4H2,1-2H3,(H,5,6);. The van der Waals surface area contributed by atoms with E-state index in [1.807, 2.05) is 6.92 Å². The summed E-state index contributed by atoms with van der Waals surface area (Å²) >= 11 is 0. The van der Waals surface area contributed by atoms with E-state index >= 15 is 0 Å². The average molecular weight is 187 g/mol. The van der Waals surface area contributed by atoms with E-state index in [-0.39, 0.29) is 19.5 Å². The van der Waals surface area contributed by atoms with Gasteiger partial charge in [-0.2, -0.15) is 0 Å². The fourth-order valence-electron chi connectivity index (χ4n) is 0.415. The Morgan fingerprint density at radius 3 is 2.00 bits per heavy atom. The fourth-order valence-corrected chi connectivity index (χ4v) is 1.24. The minimum absolute atomic E-state index is 0. The Hall–Kier alpha value is 0.813. The molecule has 0 radical (unpaired) electrons. The van der Waals surface area contributed by atoms with Crippen molar-refractivity contribution in [3.63, 3.8) is 0 Å². The first-order chi connectivity index (χ1) is 3.06. The normalized spacial score (nSPS) is 16.4. The molecular weight excluding hydrogens is 176 g/mol. The molecule has 0 aromatic rings. The van der Waals surface area contributed by atoms with Crippen LogP contribution in [0.1, 0.15) is 13.3 Å². The summed E-state index contributed by atoms with van der Waals surface area (Å²) in [6, 6.07) is 0. The zero-order chi connectivity index (χ0) is 5.91. The summed E-state index contributed by atoms with van der Waals surface area (Å²) in [6.45, 7) is 3.28. The first kappa shape index (κ1) is 11.6. The summed E-state index contributed by atoms with van der Waals surface area (Å²) in [7, 11) is -2.67. The van der Waals surface area contributed by atoms with Gasteiger partial charge in [0.25, 0.3) is 0 Å². The Morgan fingerprint density at radius 1 is 1.62 bits per heavy atom. The van der Waals surface area contributed by atoms with Crippen LogP contribution in [0, 0.1) is 0 Å². The Morgan fingerprint density at radius 2 is 2.00 bits per heavy atom. The second-order valence-corrected chi connectivity index (χ2v) is 4.32. The topological polar surface area (TPSA) is 37.3 Å². The van der Waals surface area contributed by atoms with Gasteiger partial charge in [0.1, 0.15) is 0 Å². The predicted octanol–water partition coefficient (Wildman–Crippen LogP) is 1.29. The molecule has 0 fully saturated rings. The molecule has 0 rings (SSSR count). The van der Waals surface area contributed by atoms with Crippen molar-refractivity contribution in [1.82, 2.24) is 0 Å². The summed E-state index contributed by atoms with van der Waals surface area (Å²) in [5.74, 6) is 0. The molecule has 0 saturated heterocycles. The van der Waals surface area contributed by atoms with E-state index in [1.54, 1.807) is 0 Å². The summed E-state index contributed by atoms with van der Waals surface area (Å²) in [5.41, 5.74) is 0. The molecule has 1 N–H and O–H groups in total. The first-order valence-electron chi connectivity index (χ1n) is 2.35. The van der Waals surface area contributed by atoms with Crippen LogP contribution in [0.5, 0.6) is 0 Å². The number of rotatable bonds is 2. The van der Waals surface area contributed by atoms with Gasteiger partial charge in [-0.3, -0.25) is 4.57 Å². The Balaban J connectivity index is 0. The van der Waals surface area contributed by atoms with Gasteiger partial charge in [0.2, 0.25) is 0 Å². The van der Waals surface area contributed by atoms with E-state index in [2.05, 4.69) is 0 Å². The minimum atomic E-state index is -2.67. The van der Waals surface area contributed by atoms with Gasteiger partial charge in [0.15, 0.2) is 7.37 Å². The summed E-state index contributed by atoms with van der Waals surface area (Å²) in [5, 5.41) is 0. The van der Waals surface area contributed by atoms with E-state index in [1.165, 1.54) is 6.66 Å². The molecule has 8 heavy (non-hydrogen) atoms. The molecule has 0 bridgehead atoms. The Bertz CT molecular complexity index is 88.0. The van der Waals surface area contributed by atoms with Gasteiger partial charge < -0.3 is 4.89 Å². The quantitative estimate of drug-likeness (QED) is 0.523. The van der Waals surface area contributed by atoms with E-state index < -0.39 is 7.37 Å². The van der Waals surface area contributed by atoms with Gasteiger partial charge in [-0.1, -0.05) is 6.92 Å². The Labute approximate surface area is 62.9 Å². The SMILES string of the molecule is CCCP(C)(=O)O.[Zn]. The van der Waals surface area contributed by atoms with Crippen LogP contribution < -0.4 is 0 Å². The predicted molar refractivity (Wildman–Crippen MR) is 30.9 cm³/mol. The van der Waals surface area contributed by atoms with E-state index in [0.29, 0.717) is 6.16 Å². The van der Waals surface area contributed by atoms with Gasteiger partial charge in [-0.25, -0.2) is 0 Å². The van der Waals surface area contributed by atoms with Crippen molar-refractivity contribution in [2.75, 3.05) is 12.8 Å². The van der Waals surface area contributed by atoms with Crippen LogP contribution in [0.3, 0.4) is 0 Å². The first-order valence-corrected chi connectivity index (χ1v) is 4.65. The van der Waals surface area contributed by atoms with Crippen molar-refractivity contribution >= 4 is 7.37 Å². The van der Waals surface area contributed by atoms with Crippen LogP contribution in [0.25, 0.3) is 0 Å². The molecule has 46 valence electrons. The molecule has 0 aliphatic rings. The monoisotopic (exact) mass is 186 g/mol. The molecule has 0 aromatic carbocycles. The Kier molecular flexibility index (Phi) is 6.77.